The van der Waals surface area contributed by atoms with Gasteiger partial charge in [0, 0.05) is 16.8 Å². The van der Waals surface area contributed by atoms with Crippen LogP contribution in [-0.4, -0.2) is 10.1 Å². The third kappa shape index (κ3) is 2.43. The second kappa shape index (κ2) is 4.77. The summed E-state index contributed by atoms with van der Waals surface area (Å²) in [6.45, 7) is 0. The molecule has 2 nitrogen and oxygen atoms in total. The summed E-state index contributed by atoms with van der Waals surface area (Å²) in [6, 6.07) is 6.09. The Bertz CT molecular complexity index is 548. The first kappa shape index (κ1) is 12.0. The SMILES string of the molecule is OC(c1cc(F)ccc1Cl)c1ncccc1F. The van der Waals surface area contributed by atoms with Gasteiger partial charge in [0.1, 0.15) is 23.4 Å². The molecule has 1 atom stereocenters. The fourth-order valence-corrected chi connectivity index (χ4v) is 1.69. The lowest BCUT2D eigenvalue weighted by molar-refractivity contribution is 0.209. The highest BCUT2D eigenvalue weighted by Crippen LogP contribution is 2.28. The van der Waals surface area contributed by atoms with Crippen molar-refractivity contribution < 1.29 is 13.9 Å². The maximum Gasteiger partial charge on any atom is 0.147 e. The van der Waals surface area contributed by atoms with Gasteiger partial charge in [-0.15, -0.1) is 0 Å². The van der Waals surface area contributed by atoms with Gasteiger partial charge in [-0.2, -0.15) is 0 Å². The number of nitrogens with zero attached hydrogens (tertiary/aromatic N) is 1. The van der Waals surface area contributed by atoms with Crippen molar-refractivity contribution in [3.05, 3.63) is 64.4 Å². The number of hydrogen-bond acceptors (Lipinski definition) is 2. The Kier molecular flexibility index (Phi) is 3.36. The maximum absolute atomic E-state index is 13.4. The Hall–Kier alpha value is -1.52. The van der Waals surface area contributed by atoms with Crippen molar-refractivity contribution >= 4 is 11.6 Å². The minimum atomic E-state index is -1.39. The van der Waals surface area contributed by atoms with Gasteiger partial charge in [-0.3, -0.25) is 4.98 Å². The molecule has 1 aromatic carbocycles. The third-order valence-corrected chi connectivity index (χ3v) is 2.64. The van der Waals surface area contributed by atoms with Gasteiger partial charge in [0.15, 0.2) is 0 Å². The van der Waals surface area contributed by atoms with Gasteiger partial charge in [-0.25, -0.2) is 8.78 Å². The van der Waals surface area contributed by atoms with E-state index in [1.165, 1.54) is 24.4 Å². The molecule has 5 heteroatoms. The summed E-state index contributed by atoms with van der Waals surface area (Å²) in [4.78, 5) is 3.72. The van der Waals surface area contributed by atoms with Gasteiger partial charge in [0.05, 0.1) is 0 Å². The highest BCUT2D eigenvalue weighted by molar-refractivity contribution is 6.31. The number of pyridine rings is 1. The van der Waals surface area contributed by atoms with E-state index in [1.54, 1.807) is 0 Å². The first-order chi connectivity index (χ1) is 8.09. The Labute approximate surface area is 102 Å². The average Bonchev–Trinajstić information content (AvgIpc) is 2.32. The van der Waals surface area contributed by atoms with E-state index in [1.807, 2.05) is 0 Å². The van der Waals surface area contributed by atoms with Gasteiger partial charge in [0.2, 0.25) is 0 Å². The zero-order chi connectivity index (χ0) is 12.4. The molecule has 0 saturated carbocycles. The average molecular weight is 256 g/mol. The lowest BCUT2D eigenvalue weighted by Gasteiger charge is -2.12. The summed E-state index contributed by atoms with van der Waals surface area (Å²) >= 11 is 5.82. The van der Waals surface area contributed by atoms with E-state index in [4.69, 9.17) is 11.6 Å². The van der Waals surface area contributed by atoms with Crippen LogP contribution in [0, 0.1) is 11.6 Å². The molecule has 88 valence electrons. The summed E-state index contributed by atoms with van der Waals surface area (Å²) in [7, 11) is 0. The van der Waals surface area contributed by atoms with Crippen LogP contribution in [0.3, 0.4) is 0 Å². The molecule has 17 heavy (non-hydrogen) atoms. The third-order valence-electron chi connectivity index (χ3n) is 2.30. The van der Waals surface area contributed by atoms with Crippen molar-refractivity contribution in [2.75, 3.05) is 0 Å². The van der Waals surface area contributed by atoms with Crippen LogP contribution >= 0.6 is 11.6 Å². The molecule has 2 rings (SSSR count). The molecule has 0 aliphatic carbocycles. The number of aromatic nitrogens is 1. The highest BCUT2D eigenvalue weighted by atomic mass is 35.5. The molecule has 0 saturated heterocycles. The molecular weight excluding hydrogens is 248 g/mol. The topological polar surface area (TPSA) is 33.1 Å². The molecule has 0 amide bonds. The Morgan fingerprint density at radius 1 is 1.24 bits per heavy atom. The van der Waals surface area contributed by atoms with Crippen molar-refractivity contribution in [3.8, 4) is 0 Å². The maximum atomic E-state index is 13.4. The molecule has 0 radical (unpaired) electrons. The fourth-order valence-electron chi connectivity index (χ4n) is 1.47. The van der Waals surface area contributed by atoms with Gasteiger partial charge in [0.25, 0.3) is 0 Å². The first-order valence-corrected chi connectivity index (χ1v) is 5.21. The fraction of sp³-hybridized carbons (Fsp3) is 0.0833. The van der Waals surface area contributed by atoms with Crippen LogP contribution in [0.25, 0.3) is 0 Å². The number of rotatable bonds is 2. The lowest BCUT2D eigenvalue weighted by atomic mass is 10.1. The van der Waals surface area contributed by atoms with Crippen LogP contribution in [0.1, 0.15) is 17.4 Å². The zero-order valence-electron chi connectivity index (χ0n) is 8.57. The van der Waals surface area contributed by atoms with E-state index in [0.717, 1.165) is 12.1 Å². The quantitative estimate of drug-likeness (QED) is 0.895. The van der Waals surface area contributed by atoms with Crippen LogP contribution in [0.2, 0.25) is 5.02 Å². The molecule has 0 fully saturated rings. The molecular formula is C12H8ClF2NO. The van der Waals surface area contributed by atoms with E-state index in [9.17, 15) is 13.9 Å². The van der Waals surface area contributed by atoms with Gasteiger partial charge in [-0.1, -0.05) is 11.6 Å². The molecule has 1 N–H and O–H groups in total. The van der Waals surface area contributed by atoms with E-state index in [2.05, 4.69) is 4.98 Å². The van der Waals surface area contributed by atoms with Crippen molar-refractivity contribution in [1.29, 1.82) is 0 Å². The molecule has 2 aromatic rings. The number of aliphatic hydroxyl groups is 1. The molecule has 1 heterocycles. The van der Waals surface area contributed by atoms with Crippen LogP contribution < -0.4 is 0 Å². The van der Waals surface area contributed by atoms with E-state index in [0.29, 0.717) is 0 Å². The van der Waals surface area contributed by atoms with Gasteiger partial charge >= 0.3 is 0 Å². The Morgan fingerprint density at radius 2 is 2.00 bits per heavy atom. The number of hydrogen-bond donors (Lipinski definition) is 1. The summed E-state index contributed by atoms with van der Waals surface area (Å²) in [5, 5.41) is 10.1. The predicted octanol–water partition coefficient (Wildman–Crippen LogP) is 3.09. The largest absolute Gasteiger partial charge is 0.382 e. The van der Waals surface area contributed by atoms with Gasteiger partial charge in [-0.05, 0) is 30.3 Å². The smallest absolute Gasteiger partial charge is 0.147 e. The second-order valence-corrected chi connectivity index (χ2v) is 3.85. The van der Waals surface area contributed by atoms with Crippen molar-refractivity contribution in [1.82, 2.24) is 4.98 Å². The molecule has 0 aliphatic rings. The van der Waals surface area contributed by atoms with Crippen LogP contribution in [0.5, 0.6) is 0 Å². The summed E-state index contributed by atoms with van der Waals surface area (Å²) in [5.41, 5.74) is -0.0933. The van der Waals surface area contributed by atoms with E-state index in [-0.39, 0.29) is 16.3 Å². The molecule has 0 bridgehead atoms. The minimum absolute atomic E-state index is 0.0873. The van der Waals surface area contributed by atoms with Gasteiger partial charge < -0.3 is 5.11 Å². The highest BCUT2D eigenvalue weighted by Gasteiger charge is 2.19. The minimum Gasteiger partial charge on any atom is -0.382 e. The lowest BCUT2D eigenvalue weighted by Crippen LogP contribution is -2.06. The molecule has 1 aromatic heterocycles. The summed E-state index contributed by atoms with van der Waals surface area (Å²) in [5.74, 6) is -1.22. The van der Waals surface area contributed by atoms with Crippen LogP contribution in [0.4, 0.5) is 8.78 Å². The number of halogens is 3. The summed E-state index contributed by atoms with van der Waals surface area (Å²) in [6.07, 6.45) is -0.0473. The molecule has 0 aliphatic heterocycles. The second-order valence-electron chi connectivity index (χ2n) is 3.44. The van der Waals surface area contributed by atoms with Crippen LogP contribution in [-0.2, 0) is 0 Å². The molecule has 0 spiro atoms. The predicted molar refractivity (Wildman–Crippen MR) is 59.7 cm³/mol. The summed E-state index contributed by atoms with van der Waals surface area (Å²) < 4.78 is 26.4. The normalized spacial score (nSPS) is 12.5. The van der Waals surface area contributed by atoms with Crippen molar-refractivity contribution in [2.24, 2.45) is 0 Å². The van der Waals surface area contributed by atoms with E-state index < -0.39 is 17.7 Å². The molecule has 1 unspecified atom stereocenters. The van der Waals surface area contributed by atoms with E-state index >= 15 is 0 Å². The first-order valence-electron chi connectivity index (χ1n) is 4.83. The Morgan fingerprint density at radius 3 is 2.71 bits per heavy atom. The van der Waals surface area contributed by atoms with Crippen molar-refractivity contribution in [2.45, 2.75) is 6.10 Å². The Balaban J connectivity index is 2.47. The van der Waals surface area contributed by atoms with Crippen molar-refractivity contribution in [3.63, 3.8) is 0 Å². The monoisotopic (exact) mass is 255 g/mol. The standard InChI is InChI=1S/C12H8ClF2NO/c13-9-4-3-7(14)6-8(9)12(17)11-10(15)2-1-5-16-11/h1-6,12,17H. The number of aliphatic hydroxyl groups excluding tert-OH is 1. The zero-order valence-corrected chi connectivity index (χ0v) is 9.33. The number of benzene rings is 1. The van der Waals surface area contributed by atoms with Crippen LogP contribution in [0.15, 0.2) is 36.5 Å².